The third-order valence-electron chi connectivity index (χ3n) is 4.36. The summed E-state index contributed by atoms with van der Waals surface area (Å²) in [5.74, 6) is 0.316. The Morgan fingerprint density at radius 3 is 2.11 bits per heavy atom. The molecule has 0 aromatic carbocycles. The van der Waals surface area contributed by atoms with Gasteiger partial charge in [0.15, 0.2) is 0 Å². The van der Waals surface area contributed by atoms with Gasteiger partial charge >= 0.3 is 0 Å². The van der Waals surface area contributed by atoms with E-state index in [9.17, 15) is 9.59 Å². The SMILES string of the molecule is CCC1NC(=O)C(C(C)CC)N(C(CC)CC)C1=O. The molecule has 0 bridgehead atoms. The molecule has 3 unspecified atom stereocenters. The molecule has 1 heterocycles. The minimum Gasteiger partial charge on any atom is -0.343 e. The molecule has 19 heavy (non-hydrogen) atoms. The Bertz CT molecular complexity index is 326. The average molecular weight is 268 g/mol. The van der Waals surface area contributed by atoms with Crippen LogP contribution >= 0.6 is 0 Å². The molecular formula is C15H28N2O2. The van der Waals surface area contributed by atoms with Crippen molar-refractivity contribution in [3.8, 4) is 0 Å². The lowest BCUT2D eigenvalue weighted by molar-refractivity contribution is -0.154. The smallest absolute Gasteiger partial charge is 0.246 e. The maximum atomic E-state index is 12.6. The van der Waals surface area contributed by atoms with Crippen molar-refractivity contribution in [1.29, 1.82) is 0 Å². The van der Waals surface area contributed by atoms with Gasteiger partial charge in [-0.1, -0.05) is 41.0 Å². The third kappa shape index (κ3) is 3.10. The van der Waals surface area contributed by atoms with Crippen LogP contribution in [0.2, 0.25) is 0 Å². The van der Waals surface area contributed by atoms with Gasteiger partial charge in [-0.3, -0.25) is 9.59 Å². The molecule has 1 rings (SSSR count). The summed E-state index contributed by atoms with van der Waals surface area (Å²) in [6, 6.07) is -0.467. The first-order chi connectivity index (χ1) is 9.01. The largest absolute Gasteiger partial charge is 0.343 e. The maximum absolute atomic E-state index is 12.6. The zero-order chi connectivity index (χ0) is 14.6. The van der Waals surface area contributed by atoms with Gasteiger partial charge in [-0.15, -0.1) is 0 Å². The molecular weight excluding hydrogens is 240 g/mol. The number of carbonyl (C=O) groups is 2. The van der Waals surface area contributed by atoms with Crippen LogP contribution in [0.4, 0.5) is 0 Å². The van der Waals surface area contributed by atoms with Crippen LogP contribution in [-0.2, 0) is 9.59 Å². The van der Waals surface area contributed by atoms with E-state index in [0.717, 1.165) is 19.3 Å². The lowest BCUT2D eigenvalue weighted by atomic mass is 9.90. The highest BCUT2D eigenvalue weighted by molar-refractivity contribution is 5.97. The highest BCUT2D eigenvalue weighted by Gasteiger charge is 2.44. The zero-order valence-corrected chi connectivity index (χ0v) is 12.9. The van der Waals surface area contributed by atoms with Gasteiger partial charge in [-0.05, 0) is 25.2 Å². The Hall–Kier alpha value is -1.06. The molecule has 1 aliphatic heterocycles. The Balaban J connectivity index is 3.10. The fourth-order valence-corrected chi connectivity index (χ4v) is 2.88. The second-order valence-electron chi connectivity index (χ2n) is 5.52. The van der Waals surface area contributed by atoms with E-state index < -0.39 is 0 Å². The van der Waals surface area contributed by atoms with Crippen molar-refractivity contribution < 1.29 is 9.59 Å². The predicted octanol–water partition coefficient (Wildman–Crippen LogP) is 2.33. The van der Waals surface area contributed by atoms with Crippen LogP contribution in [0.15, 0.2) is 0 Å². The van der Waals surface area contributed by atoms with Crippen molar-refractivity contribution in [2.75, 3.05) is 0 Å². The number of hydrogen-bond acceptors (Lipinski definition) is 2. The quantitative estimate of drug-likeness (QED) is 0.803. The van der Waals surface area contributed by atoms with Crippen molar-refractivity contribution in [2.45, 2.75) is 78.4 Å². The van der Waals surface area contributed by atoms with Crippen molar-refractivity contribution in [2.24, 2.45) is 5.92 Å². The fraction of sp³-hybridized carbons (Fsp3) is 0.867. The molecule has 2 amide bonds. The molecule has 4 heteroatoms. The van der Waals surface area contributed by atoms with E-state index in [-0.39, 0.29) is 35.9 Å². The first-order valence-electron chi connectivity index (χ1n) is 7.64. The molecule has 110 valence electrons. The first-order valence-corrected chi connectivity index (χ1v) is 7.64. The molecule has 3 atom stereocenters. The first kappa shape index (κ1) is 16.0. The average Bonchev–Trinajstić information content (AvgIpc) is 2.42. The molecule has 1 saturated heterocycles. The molecule has 0 aromatic rings. The van der Waals surface area contributed by atoms with Gasteiger partial charge in [0.1, 0.15) is 12.1 Å². The number of carbonyl (C=O) groups excluding carboxylic acids is 2. The van der Waals surface area contributed by atoms with Crippen LogP contribution in [-0.4, -0.2) is 34.8 Å². The molecule has 0 aliphatic carbocycles. The lowest BCUT2D eigenvalue weighted by Gasteiger charge is -2.45. The molecule has 4 nitrogen and oxygen atoms in total. The number of rotatable bonds is 6. The number of hydrogen-bond donors (Lipinski definition) is 1. The van der Waals surface area contributed by atoms with Crippen molar-refractivity contribution >= 4 is 11.8 Å². The van der Waals surface area contributed by atoms with Gasteiger partial charge in [0, 0.05) is 6.04 Å². The summed E-state index contributed by atoms with van der Waals surface area (Å²) in [4.78, 5) is 26.8. The van der Waals surface area contributed by atoms with Crippen molar-refractivity contribution in [1.82, 2.24) is 10.2 Å². The predicted molar refractivity (Wildman–Crippen MR) is 76.7 cm³/mol. The Morgan fingerprint density at radius 1 is 1.11 bits per heavy atom. The lowest BCUT2D eigenvalue weighted by Crippen LogP contribution is -2.67. The highest BCUT2D eigenvalue weighted by atomic mass is 16.2. The van der Waals surface area contributed by atoms with Gasteiger partial charge in [0.25, 0.3) is 0 Å². The third-order valence-corrected chi connectivity index (χ3v) is 4.36. The highest BCUT2D eigenvalue weighted by Crippen LogP contribution is 2.25. The van der Waals surface area contributed by atoms with E-state index in [1.807, 2.05) is 11.8 Å². The summed E-state index contributed by atoms with van der Waals surface area (Å²) in [6.45, 7) is 10.2. The molecule has 0 saturated carbocycles. The number of piperazine rings is 1. The molecule has 0 aromatic heterocycles. The standard InChI is InChI=1S/C15H28N2O2/c1-6-10(5)13-14(18)16-12(9-4)15(19)17(13)11(7-2)8-3/h10-13H,6-9H2,1-5H3,(H,16,18). The summed E-state index contributed by atoms with van der Waals surface area (Å²) < 4.78 is 0. The summed E-state index contributed by atoms with van der Waals surface area (Å²) in [6.07, 6.45) is 3.37. The zero-order valence-electron chi connectivity index (χ0n) is 12.9. The fourth-order valence-electron chi connectivity index (χ4n) is 2.88. The topological polar surface area (TPSA) is 49.4 Å². The Kier molecular flexibility index (Phi) is 5.83. The minimum absolute atomic E-state index is 0.0210. The summed E-state index contributed by atoms with van der Waals surface area (Å²) in [7, 11) is 0. The van der Waals surface area contributed by atoms with E-state index in [1.54, 1.807) is 0 Å². The van der Waals surface area contributed by atoms with E-state index in [1.165, 1.54) is 0 Å². The number of nitrogens with one attached hydrogen (secondary N) is 1. The van der Waals surface area contributed by atoms with Crippen LogP contribution in [0.25, 0.3) is 0 Å². The van der Waals surface area contributed by atoms with Crippen molar-refractivity contribution in [3.63, 3.8) is 0 Å². The van der Waals surface area contributed by atoms with Crippen LogP contribution in [0, 0.1) is 5.92 Å². The van der Waals surface area contributed by atoms with Crippen LogP contribution in [0.5, 0.6) is 0 Å². The van der Waals surface area contributed by atoms with Crippen LogP contribution in [0.1, 0.15) is 60.3 Å². The second-order valence-corrected chi connectivity index (χ2v) is 5.52. The minimum atomic E-state index is -0.339. The van der Waals surface area contributed by atoms with Gasteiger partial charge in [0.05, 0.1) is 0 Å². The van der Waals surface area contributed by atoms with Gasteiger partial charge in [0.2, 0.25) is 11.8 Å². The summed E-state index contributed by atoms with van der Waals surface area (Å²) in [5.41, 5.74) is 0. The van der Waals surface area contributed by atoms with Crippen molar-refractivity contribution in [3.05, 3.63) is 0 Å². The van der Waals surface area contributed by atoms with E-state index in [4.69, 9.17) is 0 Å². The van der Waals surface area contributed by atoms with Gasteiger partial charge < -0.3 is 10.2 Å². The normalized spacial score (nSPS) is 25.7. The van der Waals surface area contributed by atoms with E-state index >= 15 is 0 Å². The monoisotopic (exact) mass is 268 g/mol. The molecule has 1 fully saturated rings. The summed E-state index contributed by atoms with van der Waals surface area (Å²) in [5, 5.41) is 2.88. The second kappa shape index (κ2) is 6.92. The Labute approximate surface area is 116 Å². The maximum Gasteiger partial charge on any atom is 0.246 e. The molecule has 0 radical (unpaired) electrons. The van der Waals surface area contributed by atoms with Gasteiger partial charge in [-0.2, -0.15) is 0 Å². The van der Waals surface area contributed by atoms with Crippen LogP contribution < -0.4 is 5.32 Å². The Morgan fingerprint density at radius 2 is 1.68 bits per heavy atom. The number of amides is 2. The number of nitrogens with zero attached hydrogens (tertiary/aromatic N) is 1. The van der Waals surface area contributed by atoms with Crippen LogP contribution in [0.3, 0.4) is 0 Å². The molecule has 1 aliphatic rings. The molecule has 0 spiro atoms. The van der Waals surface area contributed by atoms with Gasteiger partial charge in [-0.25, -0.2) is 0 Å². The van der Waals surface area contributed by atoms with E-state index in [2.05, 4.69) is 33.0 Å². The summed E-state index contributed by atoms with van der Waals surface area (Å²) >= 11 is 0. The van der Waals surface area contributed by atoms with E-state index in [0.29, 0.717) is 6.42 Å². The molecule has 1 N–H and O–H groups in total.